The summed E-state index contributed by atoms with van der Waals surface area (Å²) in [6, 6.07) is 64.6. The SMILES string of the molecule is CP(C)(=O)c1ccc(-c2ccc(C3(c4ccc(-c5nc(-c6ccccc6)nc(-c6c7ccccc7c(-c7ccccc7)c7ccccc67)n5)cc4)CCCCC3)cc2)cc1. The zero-order valence-electron chi connectivity index (χ0n) is 34.1. The molecule has 1 aliphatic rings. The minimum atomic E-state index is -2.30. The highest BCUT2D eigenvalue weighted by Crippen LogP contribution is 2.47. The first-order chi connectivity index (χ1) is 29.4. The van der Waals surface area contributed by atoms with Gasteiger partial charge < -0.3 is 4.57 Å². The van der Waals surface area contributed by atoms with Crippen LogP contribution in [0, 0.1) is 0 Å². The summed E-state index contributed by atoms with van der Waals surface area (Å²) in [5.74, 6) is 1.96. The summed E-state index contributed by atoms with van der Waals surface area (Å²) < 4.78 is 12.6. The molecule has 0 amide bonds. The van der Waals surface area contributed by atoms with Crippen LogP contribution in [0.15, 0.2) is 182 Å². The largest absolute Gasteiger partial charge is 0.319 e. The van der Waals surface area contributed by atoms with E-state index in [0.717, 1.165) is 61.9 Å². The zero-order chi connectivity index (χ0) is 40.7. The molecule has 0 N–H and O–H groups in total. The van der Waals surface area contributed by atoms with Crippen LogP contribution in [0.2, 0.25) is 0 Å². The Morgan fingerprint density at radius 3 is 1.25 bits per heavy atom. The van der Waals surface area contributed by atoms with Crippen molar-refractivity contribution in [3.05, 3.63) is 193 Å². The molecule has 0 spiro atoms. The van der Waals surface area contributed by atoms with E-state index in [1.807, 2.05) is 43.7 Å². The molecule has 292 valence electrons. The Kier molecular flexibility index (Phi) is 9.82. The van der Waals surface area contributed by atoms with Crippen LogP contribution in [0.25, 0.3) is 78.0 Å². The monoisotopic (exact) mass is 795 g/mol. The van der Waals surface area contributed by atoms with Crippen molar-refractivity contribution in [2.75, 3.05) is 13.3 Å². The van der Waals surface area contributed by atoms with Crippen molar-refractivity contribution in [1.29, 1.82) is 0 Å². The fourth-order valence-corrected chi connectivity index (χ4v) is 10.3. The predicted molar refractivity (Wildman–Crippen MR) is 251 cm³/mol. The number of hydrogen-bond donors (Lipinski definition) is 0. The lowest BCUT2D eigenvalue weighted by atomic mass is 9.65. The molecule has 1 fully saturated rings. The van der Waals surface area contributed by atoms with Crippen molar-refractivity contribution in [2.24, 2.45) is 0 Å². The first-order valence-corrected chi connectivity index (χ1v) is 23.6. The Morgan fingerprint density at radius 1 is 0.383 bits per heavy atom. The minimum Gasteiger partial charge on any atom is -0.319 e. The number of aromatic nitrogens is 3. The van der Waals surface area contributed by atoms with E-state index in [1.165, 1.54) is 47.1 Å². The third-order valence-electron chi connectivity index (χ3n) is 12.5. The lowest BCUT2D eigenvalue weighted by Gasteiger charge is -2.39. The second kappa shape index (κ2) is 15.6. The lowest BCUT2D eigenvalue weighted by Crippen LogP contribution is -2.30. The van der Waals surface area contributed by atoms with E-state index in [4.69, 9.17) is 15.0 Å². The Hall–Kier alpha value is -6.48. The van der Waals surface area contributed by atoms with Gasteiger partial charge in [0.2, 0.25) is 0 Å². The van der Waals surface area contributed by atoms with E-state index in [0.29, 0.717) is 17.5 Å². The Bertz CT molecular complexity index is 2970. The Balaban J connectivity index is 1.08. The molecular formula is C55H46N3OP. The summed E-state index contributed by atoms with van der Waals surface area (Å²) in [6.45, 7) is 3.65. The molecule has 5 heteroatoms. The molecule has 0 bridgehead atoms. The topological polar surface area (TPSA) is 55.7 Å². The number of nitrogens with zero attached hydrogens (tertiary/aromatic N) is 3. The fourth-order valence-electron chi connectivity index (χ4n) is 9.45. The molecule has 1 saturated carbocycles. The second-order valence-electron chi connectivity index (χ2n) is 16.6. The predicted octanol–water partition coefficient (Wildman–Crippen LogP) is 14.0. The number of fused-ring (bicyclic) bond motifs is 2. The van der Waals surface area contributed by atoms with Gasteiger partial charge in [-0.3, -0.25) is 0 Å². The quantitative estimate of drug-likeness (QED) is 0.114. The average molecular weight is 796 g/mol. The number of benzene rings is 8. The minimum absolute atomic E-state index is 0.0754. The molecule has 0 radical (unpaired) electrons. The van der Waals surface area contributed by atoms with Gasteiger partial charge in [0.05, 0.1) is 0 Å². The Labute approximate surface area is 352 Å². The van der Waals surface area contributed by atoms with Crippen molar-refractivity contribution in [1.82, 2.24) is 15.0 Å². The van der Waals surface area contributed by atoms with Crippen LogP contribution < -0.4 is 5.30 Å². The van der Waals surface area contributed by atoms with E-state index in [-0.39, 0.29) is 5.41 Å². The van der Waals surface area contributed by atoms with E-state index in [1.54, 1.807) is 0 Å². The van der Waals surface area contributed by atoms with Crippen LogP contribution in [0.5, 0.6) is 0 Å². The lowest BCUT2D eigenvalue weighted by molar-refractivity contribution is 0.346. The molecule has 0 saturated heterocycles. The highest BCUT2D eigenvalue weighted by atomic mass is 31.2. The van der Waals surface area contributed by atoms with Crippen molar-refractivity contribution < 1.29 is 4.57 Å². The molecule has 1 heterocycles. The van der Waals surface area contributed by atoms with Gasteiger partial charge in [-0.15, -0.1) is 0 Å². The molecule has 0 atom stereocenters. The molecule has 10 rings (SSSR count). The van der Waals surface area contributed by atoms with Crippen molar-refractivity contribution in [3.63, 3.8) is 0 Å². The van der Waals surface area contributed by atoms with E-state index < -0.39 is 7.14 Å². The highest BCUT2D eigenvalue weighted by Gasteiger charge is 2.36. The van der Waals surface area contributed by atoms with E-state index >= 15 is 0 Å². The summed E-state index contributed by atoms with van der Waals surface area (Å²) in [5.41, 5.74) is 10.2. The van der Waals surface area contributed by atoms with E-state index in [9.17, 15) is 4.57 Å². The summed E-state index contributed by atoms with van der Waals surface area (Å²) in [7, 11) is -2.30. The summed E-state index contributed by atoms with van der Waals surface area (Å²) in [5, 5.41) is 5.46. The molecule has 0 aliphatic heterocycles. The average Bonchev–Trinajstić information content (AvgIpc) is 3.31. The first-order valence-electron chi connectivity index (χ1n) is 21.0. The Morgan fingerprint density at radius 2 is 0.767 bits per heavy atom. The van der Waals surface area contributed by atoms with Gasteiger partial charge >= 0.3 is 0 Å². The fraction of sp³-hybridized carbons (Fsp3) is 0.145. The van der Waals surface area contributed by atoms with Crippen LogP contribution in [0.3, 0.4) is 0 Å². The zero-order valence-corrected chi connectivity index (χ0v) is 34.9. The van der Waals surface area contributed by atoms with Gasteiger partial charge in [-0.1, -0.05) is 201 Å². The molecule has 60 heavy (non-hydrogen) atoms. The third-order valence-corrected chi connectivity index (χ3v) is 14.1. The van der Waals surface area contributed by atoms with Gasteiger partial charge in [0.25, 0.3) is 0 Å². The van der Waals surface area contributed by atoms with E-state index in [2.05, 4.69) is 152 Å². The maximum absolute atomic E-state index is 12.6. The normalized spacial score (nSPS) is 14.0. The number of hydrogen-bond acceptors (Lipinski definition) is 4. The van der Waals surface area contributed by atoms with Crippen LogP contribution in [-0.4, -0.2) is 28.3 Å². The molecule has 1 aromatic heterocycles. The van der Waals surface area contributed by atoms with Crippen LogP contribution in [-0.2, 0) is 9.98 Å². The van der Waals surface area contributed by atoms with Crippen molar-refractivity contribution >= 4 is 34.0 Å². The molecule has 1 aliphatic carbocycles. The summed E-state index contributed by atoms with van der Waals surface area (Å²) in [6.07, 6.45) is 5.86. The molecule has 8 aromatic carbocycles. The molecule has 9 aromatic rings. The van der Waals surface area contributed by atoms with Gasteiger partial charge in [-0.25, -0.2) is 15.0 Å². The van der Waals surface area contributed by atoms with Crippen molar-refractivity contribution in [2.45, 2.75) is 37.5 Å². The highest BCUT2D eigenvalue weighted by molar-refractivity contribution is 7.70. The maximum Gasteiger partial charge on any atom is 0.165 e. The van der Waals surface area contributed by atoms with Gasteiger partial charge in [-0.2, -0.15) is 0 Å². The molecule has 4 nitrogen and oxygen atoms in total. The summed E-state index contributed by atoms with van der Waals surface area (Å²) >= 11 is 0. The standard InChI is InChI=1S/C55H46N3OP/c1-60(2,59)45-34-28-39(29-35-45)38-24-30-43(31-25-38)55(36-14-5-15-37-55)44-32-26-42(27-33-44)53-56-52(41-18-8-4-9-19-41)57-54(58-53)51-48-22-12-10-20-46(48)50(40-16-6-3-7-17-40)47-21-11-13-23-49(47)51/h3-4,6-13,16-35H,5,14-15,36-37H2,1-2H3. The van der Waals surface area contributed by atoms with Gasteiger partial charge in [0.15, 0.2) is 17.5 Å². The smallest absolute Gasteiger partial charge is 0.165 e. The van der Waals surface area contributed by atoms with Gasteiger partial charge in [-0.05, 0) is 81.1 Å². The van der Waals surface area contributed by atoms with Crippen LogP contribution >= 0.6 is 7.14 Å². The molecular weight excluding hydrogens is 750 g/mol. The molecule has 0 unspecified atom stereocenters. The van der Waals surface area contributed by atoms with Gasteiger partial charge in [0.1, 0.15) is 7.14 Å². The summed E-state index contributed by atoms with van der Waals surface area (Å²) in [4.78, 5) is 15.8. The number of rotatable bonds is 8. The van der Waals surface area contributed by atoms with Crippen LogP contribution in [0.4, 0.5) is 0 Å². The first kappa shape index (κ1) is 37.8. The maximum atomic E-state index is 12.6. The van der Waals surface area contributed by atoms with Crippen molar-refractivity contribution in [3.8, 4) is 56.4 Å². The van der Waals surface area contributed by atoms with Gasteiger partial charge in [0, 0.05) is 27.4 Å². The third kappa shape index (κ3) is 6.95. The van der Waals surface area contributed by atoms with Crippen LogP contribution in [0.1, 0.15) is 43.2 Å². The second-order valence-corrected chi connectivity index (χ2v) is 19.8.